The molecule has 5 heteroatoms. The Morgan fingerprint density at radius 2 is 2.00 bits per heavy atom. The summed E-state index contributed by atoms with van der Waals surface area (Å²) in [5.74, 6) is 0.756. The number of nitrogens with one attached hydrogen (secondary N) is 2. The van der Waals surface area contributed by atoms with Crippen LogP contribution >= 0.6 is 0 Å². The molecule has 3 rings (SSSR count). The van der Waals surface area contributed by atoms with Gasteiger partial charge in [0.15, 0.2) is 0 Å². The summed E-state index contributed by atoms with van der Waals surface area (Å²) in [6, 6.07) is 11.5. The van der Waals surface area contributed by atoms with Gasteiger partial charge in [0.05, 0.1) is 19.3 Å². The van der Waals surface area contributed by atoms with E-state index in [2.05, 4.69) is 10.6 Å². The summed E-state index contributed by atoms with van der Waals surface area (Å²) in [6.45, 7) is 0.374. The van der Waals surface area contributed by atoms with Crippen LogP contribution in [-0.4, -0.2) is 30.4 Å². The van der Waals surface area contributed by atoms with Gasteiger partial charge in [0.25, 0.3) is 0 Å². The van der Waals surface area contributed by atoms with Crippen molar-refractivity contribution in [2.45, 2.75) is 44.4 Å². The largest absolute Gasteiger partial charge is 0.496 e. The molecule has 0 spiro atoms. The molecule has 0 unspecified atom stereocenters. The molecule has 0 aromatic heterocycles. The summed E-state index contributed by atoms with van der Waals surface area (Å²) in [5, 5.41) is 17.9. The van der Waals surface area contributed by atoms with Crippen molar-refractivity contribution in [1.82, 2.24) is 10.6 Å². The van der Waals surface area contributed by atoms with Crippen molar-refractivity contribution in [2.24, 2.45) is 0 Å². The maximum atomic E-state index is 12.2. The maximum Gasteiger partial charge on any atom is 0.315 e. The van der Waals surface area contributed by atoms with Crippen LogP contribution in [0.15, 0.2) is 36.4 Å². The molecule has 1 aliphatic rings. The Morgan fingerprint density at radius 1 is 1.21 bits per heavy atom. The predicted octanol–water partition coefficient (Wildman–Crippen LogP) is 2.95. The molecule has 3 N–H and O–H groups in total. The Bertz CT molecular complexity index is 717. The number of aliphatic hydroxyl groups is 1. The fraction of sp³-hybridized carbons (Fsp3) is 0.421. The third kappa shape index (κ3) is 3.62. The second-order valence-corrected chi connectivity index (χ2v) is 6.25. The van der Waals surface area contributed by atoms with Gasteiger partial charge in [-0.25, -0.2) is 4.79 Å². The zero-order chi connectivity index (χ0) is 16.9. The van der Waals surface area contributed by atoms with Crippen LogP contribution in [0.25, 0.3) is 10.8 Å². The summed E-state index contributed by atoms with van der Waals surface area (Å²) in [5.41, 5.74) is 0.954. The SMILES string of the molecule is COc1ccc2ccccc2c1CNC(=O)N[C@@H]1CCCC[C@H]1O. The lowest BCUT2D eigenvalue weighted by Gasteiger charge is -2.28. The van der Waals surface area contributed by atoms with Crippen molar-refractivity contribution in [3.8, 4) is 5.75 Å². The van der Waals surface area contributed by atoms with Crippen LogP contribution in [-0.2, 0) is 6.54 Å². The smallest absolute Gasteiger partial charge is 0.315 e. The van der Waals surface area contributed by atoms with E-state index in [1.165, 1.54) is 0 Å². The van der Waals surface area contributed by atoms with Crippen molar-refractivity contribution >= 4 is 16.8 Å². The summed E-state index contributed by atoms with van der Waals surface area (Å²) in [4.78, 5) is 12.2. The van der Waals surface area contributed by atoms with Crippen LogP contribution < -0.4 is 15.4 Å². The highest BCUT2D eigenvalue weighted by Crippen LogP contribution is 2.27. The van der Waals surface area contributed by atoms with Crippen molar-refractivity contribution in [3.63, 3.8) is 0 Å². The summed E-state index contributed by atoms with van der Waals surface area (Å²) < 4.78 is 5.44. The molecular weight excluding hydrogens is 304 g/mol. The Labute approximate surface area is 142 Å². The van der Waals surface area contributed by atoms with Gasteiger partial charge in [0.2, 0.25) is 0 Å². The normalized spacial score (nSPS) is 20.6. The Balaban J connectivity index is 1.69. The molecule has 1 aliphatic carbocycles. The van der Waals surface area contributed by atoms with Crippen LogP contribution in [0.5, 0.6) is 5.75 Å². The predicted molar refractivity (Wildman–Crippen MR) is 94.1 cm³/mol. The molecule has 0 saturated heterocycles. The van der Waals surface area contributed by atoms with Crippen LogP contribution in [0.4, 0.5) is 4.79 Å². The quantitative estimate of drug-likeness (QED) is 0.808. The standard InChI is InChI=1S/C19H24N2O3/c1-24-18-11-10-13-6-2-3-7-14(13)15(18)12-20-19(23)21-16-8-4-5-9-17(16)22/h2-3,6-7,10-11,16-17,22H,4-5,8-9,12H2,1H3,(H2,20,21,23)/t16-,17-/m1/s1. The van der Waals surface area contributed by atoms with Gasteiger partial charge in [-0.3, -0.25) is 0 Å². The van der Waals surface area contributed by atoms with E-state index < -0.39 is 6.10 Å². The van der Waals surface area contributed by atoms with Crippen LogP contribution in [0.3, 0.4) is 0 Å². The van der Waals surface area contributed by atoms with Crippen LogP contribution in [0, 0.1) is 0 Å². The summed E-state index contributed by atoms with van der Waals surface area (Å²) in [7, 11) is 1.63. The number of fused-ring (bicyclic) bond motifs is 1. The van der Waals surface area contributed by atoms with Gasteiger partial charge in [0.1, 0.15) is 5.75 Å². The average molecular weight is 328 g/mol. The molecule has 128 valence electrons. The lowest BCUT2D eigenvalue weighted by Crippen LogP contribution is -2.48. The molecular formula is C19H24N2O3. The molecule has 2 aromatic carbocycles. The number of aliphatic hydroxyl groups excluding tert-OH is 1. The number of hydrogen-bond acceptors (Lipinski definition) is 3. The molecule has 0 radical (unpaired) electrons. The van der Waals surface area contributed by atoms with E-state index in [0.29, 0.717) is 6.54 Å². The number of carbonyl (C=O) groups is 1. The Kier molecular flexibility index (Phi) is 5.20. The first-order chi connectivity index (χ1) is 11.7. The number of rotatable bonds is 4. The lowest BCUT2D eigenvalue weighted by atomic mass is 9.93. The molecule has 1 saturated carbocycles. The van der Waals surface area contributed by atoms with E-state index in [-0.39, 0.29) is 12.1 Å². The van der Waals surface area contributed by atoms with E-state index >= 15 is 0 Å². The highest BCUT2D eigenvalue weighted by molar-refractivity contribution is 5.88. The third-order valence-electron chi connectivity index (χ3n) is 4.69. The zero-order valence-corrected chi connectivity index (χ0v) is 13.9. The molecule has 0 aliphatic heterocycles. The number of urea groups is 1. The van der Waals surface area contributed by atoms with Gasteiger partial charge in [-0.15, -0.1) is 0 Å². The van der Waals surface area contributed by atoms with Gasteiger partial charge in [-0.2, -0.15) is 0 Å². The second-order valence-electron chi connectivity index (χ2n) is 6.25. The minimum Gasteiger partial charge on any atom is -0.496 e. The topological polar surface area (TPSA) is 70.6 Å². The van der Waals surface area contributed by atoms with E-state index in [1.807, 2.05) is 36.4 Å². The van der Waals surface area contributed by atoms with Crippen molar-refractivity contribution in [1.29, 1.82) is 0 Å². The van der Waals surface area contributed by atoms with Gasteiger partial charge in [-0.1, -0.05) is 43.2 Å². The molecule has 0 bridgehead atoms. The Hall–Kier alpha value is -2.27. The van der Waals surface area contributed by atoms with Gasteiger partial charge in [-0.05, 0) is 29.7 Å². The van der Waals surface area contributed by atoms with Gasteiger partial charge >= 0.3 is 6.03 Å². The van der Waals surface area contributed by atoms with Crippen LogP contribution in [0.1, 0.15) is 31.2 Å². The molecule has 5 nitrogen and oxygen atoms in total. The van der Waals surface area contributed by atoms with E-state index in [4.69, 9.17) is 4.74 Å². The van der Waals surface area contributed by atoms with E-state index in [0.717, 1.165) is 47.8 Å². The molecule has 24 heavy (non-hydrogen) atoms. The average Bonchev–Trinajstić information content (AvgIpc) is 2.61. The monoisotopic (exact) mass is 328 g/mol. The van der Waals surface area contributed by atoms with Crippen LogP contribution in [0.2, 0.25) is 0 Å². The fourth-order valence-electron chi connectivity index (χ4n) is 3.36. The second kappa shape index (κ2) is 7.53. The summed E-state index contributed by atoms with van der Waals surface area (Å²) >= 11 is 0. The molecule has 0 heterocycles. The fourth-order valence-corrected chi connectivity index (χ4v) is 3.36. The van der Waals surface area contributed by atoms with E-state index in [1.54, 1.807) is 7.11 Å². The number of hydrogen-bond donors (Lipinski definition) is 3. The highest BCUT2D eigenvalue weighted by atomic mass is 16.5. The van der Waals surface area contributed by atoms with Crippen molar-refractivity contribution in [2.75, 3.05) is 7.11 Å². The number of benzene rings is 2. The highest BCUT2D eigenvalue weighted by Gasteiger charge is 2.24. The Morgan fingerprint density at radius 3 is 2.79 bits per heavy atom. The molecule has 2 atom stereocenters. The number of carbonyl (C=O) groups excluding carboxylic acids is 1. The first-order valence-corrected chi connectivity index (χ1v) is 8.46. The first kappa shape index (κ1) is 16.6. The minimum atomic E-state index is -0.448. The molecule has 1 fully saturated rings. The molecule has 2 amide bonds. The van der Waals surface area contributed by atoms with Crippen molar-refractivity contribution in [3.05, 3.63) is 42.0 Å². The van der Waals surface area contributed by atoms with E-state index in [9.17, 15) is 9.90 Å². The zero-order valence-electron chi connectivity index (χ0n) is 13.9. The lowest BCUT2D eigenvalue weighted by molar-refractivity contribution is 0.0943. The number of methoxy groups -OCH3 is 1. The number of ether oxygens (including phenoxy) is 1. The van der Waals surface area contributed by atoms with Gasteiger partial charge in [0, 0.05) is 12.1 Å². The minimum absolute atomic E-state index is 0.159. The van der Waals surface area contributed by atoms with Gasteiger partial charge < -0.3 is 20.5 Å². The maximum absolute atomic E-state index is 12.2. The van der Waals surface area contributed by atoms with Crippen molar-refractivity contribution < 1.29 is 14.6 Å². The first-order valence-electron chi connectivity index (χ1n) is 8.46. The third-order valence-corrected chi connectivity index (χ3v) is 4.69. The number of amides is 2. The molecule has 2 aromatic rings. The summed E-state index contributed by atoms with van der Waals surface area (Å²) in [6.07, 6.45) is 3.19.